The minimum Gasteiger partial charge on any atom is -0.478 e. The molecule has 0 aliphatic carbocycles. The molecule has 7 nitrogen and oxygen atoms in total. The average Bonchev–Trinajstić information content (AvgIpc) is 2.37. The van der Waals surface area contributed by atoms with Crippen molar-refractivity contribution in [3.05, 3.63) is 34.9 Å². The van der Waals surface area contributed by atoms with Crippen molar-refractivity contribution >= 4 is 11.9 Å². The molecule has 5 N–H and O–H groups in total. The lowest BCUT2D eigenvalue weighted by molar-refractivity contribution is 0.0192. The summed E-state index contributed by atoms with van der Waals surface area (Å²) in [5, 5.41) is 40.0. The Balaban J connectivity index is 3.20. The molecule has 0 aliphatic rings. The van der Waals surface area contributed by atoms with Gasteiger partial charge in [-0.1, -0.05) is 6.07 Å². The van der Waals surface area contributed by atoms with Crippen LogP contribution in [0.5, 0.6) is 0 Å². The molecular formula is C12H15NO6. The van der Waals surface area contributed by atoms with Gasteiger partial charge in [-0.2, -0.15) is 0 Å². The summed E-state index contributed by atoms with van der Waals surface area (Å²) in [5.74, 6) is -2.63. The summed E-state index contributed by atoms with van der Waals surface area (Å²) in [4.78, 5) is 21.9. The van der Waals surface area contributed by atoms with E-state index in [1.807, 2.05) is 0 Å². The molecule has 7 heteroatoms. The third-order valence-electron chi connectivity index (χ3n) is 2.63. The Labute approximate surface area is 109 Å². The van der Waals surface area contributed by atoms with Crippen molar-refractivity contribution in [3.8, 4) is 0 Å². The highest BCUT2D eigenvalue weighted by Crippen LogP contribution is 2.22. The number of hydrogen-bond donors (Lipinski definition) is 5. The number of nitrogens with one attached hydrogen (secondary N) is 1. The predicted octanol–water partition coefficient (Wildman–Crippen LogP) is -0.303. The van der Waals surface area contributed by atoms with Crippen LogP contribution in [0.1, 0.15) is 32.4 Å². The third kappa shape index (κ3) is 3.50. The van der Waals surface area contributed by atoms with Crippen LogP contribution in [0.2, 0.25) is 0 Å². The molecule has 1 aromatic rings. The van der Waals surface area contributed by atoms with Crippen molar-refractivity contribution in [1.29, 1.82) is 0 Å². The summed E-state index contributed by atoms with van der Waals surface area (Å²) >= 11 is 0. The molecule has 104 valence electrons. The van der Waals surface area contributed by atoms with Gasteiger partial charge in [0, 0.05) is 6.54 Å². The molecule has 0 bridgehead atoms. The summed E-state index contributed by atoms with van der Waals surface area (Å²) < 4.78 is 0. The van der Waals surface area contributed by atoms with Gasteiger partial charge in [0.05, 0.1) is 17.2 Å². The topological polar surface area (TPSA) is 127 Å². The lowest BCUT2D eigenvalue weighted by atomic mass is 9.96. The third-order valence-corrected chi connectivity index (χ3v) is 2.63. The fourth-order valence-electron chi connectivity index (χ4n) is 1.66. The number of likely N-dealkylation sites (N-methyl/N-ethyl adjacent to an activating group) is 1. The molecule has 0 radical (unpaired) electrons. The second-order valence-electron chi connectivity index (χ2n) is 3.98. The van der Waals surface area contributed by atoms with E-state index in [9.17, 15) is 19.8 Å². The van der Waals surface area contributed by atoms with E-state index < -0.39 is 24.1 Å². The van der Waals surface area contributed by atoms with E-state index in [4.69, 9.17) is 10.2 Å². The van der Waals surface area contributed by atoms with Crippen LogP contribution in [0, 0.1) is 0 Å². The molecule has 2 atom stereocenters. The maximum atomic E-state index is 11.1. The van der Waals surface area contributed by atoms with E-state index in [-0.39, 0.29) is 23.2 Å². The molecule has 1 rings (SSSR count). The second kappa shape index (κ2) is 6.28. The van der Waals surface area contributed by atoms with E-state index in [2.05, 4.69) is 5.32 Å². The molecule has 0 amide bonds. The van der Waals surface area contributed by atoms with Crippen molar-refractivity contribution in [1.82, 2.24) is 5.32 Å². The summed E-state index contributed by atoms with van der Waals surface area (Å²) in [6.45, 7) is 0.0703. The van der Waals surface area contributed by atoms with Crippen LogP contribution in [0.15, 0.2) is 18.2 Å². The molecule has 0 fully saturated rings. The van der Waals surface area contributed by atoms with Crippen molar-refractivity contribution < 1.29 is 30.0 Å². The highest BCUT2D eigenvalue weighted by Gasteiger charge is 2.24. The Hall–Kier alpha value is -1.96. The zero-order valence-corrected chi connectivity index (χ0v) is 10.2. The number of carboxylic acids is 2. The van der Waals surface area contributed by atoms with Gasteiger partial charge in [-0.05, 0) is 24.7 Å². The molecule has 0 heterocycles. The molecule has 2 unspecified atom stereocenters. The normalized spacial score (nSPS) is 13.8. The average molecular weight is 269 g/mol. The molecule has 19 heavy (non-hydrogen) atoms. The fourth-order valence-corrected chi connectivity index (χ4v) is 1.66. The first kappa shape index (κ1) is 15.1. The van der Waals surface area contributed by atoms with E-state index in [0.717, 1.165) is 6.07 Å². The van der Waals surface area contributed by atoms with Crippen molar-refractivity contribution in [2.75, 3.05) is 13.6 Å². The summed E-state index contributed by atoms with van der Waals surface area (Å²) in [6.07, 6.45) is -2.61. The Kier molecular flexibility index (Phi) is 4.99. The largest absolute Gasteiger partial charge is 0.478 e. The Morgan fingerprint density at radius 3 is 2.32 bits per heavy atom. The first-order chi connectivity index (χ1) is 8.88. The van der Waals surface area contributed by atoms with Crippen LogP contribution in [0.4, 0.5) is 0 Å². The van der Waals surface area contributed by atoms with Gasteiger partial charge in [-0.15, -0.1) is 0 Å². The molecule has 0 aromatic heterocycles. The van der Waals surface area contributed by atoms with Crippen molar-refractivity contribution in [2.24, 2.45) is 0 Å². The Morgan fingerprint density at radius 1 is 1.21 bits per heavy atom. The number of aliphatic hydroxyl groups excluding tert-OH is 2. The van der Waals surface area contributed by atoms with Crippen LogP contribution < -0.4 is 5.32 Å². The van der Waals surface area contributed by atoms with Crippen LogP contribution in [0.25, 0.3) is 0 Å². The van der Waals surface area contributed by atoms with Gasteiger partial charge in [0.15, 0.2) is 0 Å². The Bertz CT molecular complexity index is 487. The van der Waals surface area contributed by atoms with Crippen LogP contribution in [-0.2, 0) is 0 Å². The fraction of sp³-hybridized carbons (Fsp3) is 0.333. The maximum absolute atomic E-state index is 11.1. The molecular weight excluding hydrogens is 254 g/mol. The smallest absolute Gasteiger partial charge is 0.336 e. The van der Waals surface area contributed by atoms with Crippen LogP contribution in [-0.4, -0.2) is 52.1 Å². The highest BCUT2D eigenvalue weighted by molar-refractivity contribution is 5.95. The zero-order valence-electron chi connectivity index (χ0n) is 10.2. The second-order valence-corrected chi connectivity index (χ2v) is 3.98. The van der Waals surface area contributed by atoms with Gasteiger partial charge in [0.2, 0.25) is 0 Å². The Morgan fingerprint density at radius 2 is 1.84 bits per heavy atom. The minimum absolute atomic E-state index is 0.0275. The number of hydrogen-bond acceptors (Lipinski definition) is 5. The zero-order chi connectivity index (χ0) is 14.6. The summed E-state index contributed by atoms with van der Waals surface area (Å²) in [6, 6.07) is 3.32. The molecule has 0 aliphatic heterocycles. The quantitative estimate of drug-likeness (QED) is 0.479. The number of carboxylic acid groups (broad SMARTS) is 2. The van der Waals surface area contributed by atoms with Gasteiger partial charge in [0.25, 0.3) is 0 Å². The first-order valence-corrected chi connectivity index (χ1v) is 5.49. The van der Waals surface area contributed by atoms with Gasteiger partial charge in [-0.3, -0.25) is 0 Å². The summed E-state index contributed by atoms with van der Waals surface area (Å²) in [5.41, 5.74) is -0.570. The van der Waals surface area contributed by atoms with E-state index in [0.29, 0.717) is 0 Å². The van der Waals surface area contributed by atoms with Crippen molar-refractivity contribution in [2.45, 2.75) is 12.2 Å². The lowest BCUT2D eigenvalue weighted by Crippen LogP contribution is -2.30. The number of carbonyl (C=O) groups is 2. The lowest BCUT2D eigenvalue weighted by Gasteiger charge is -2.19. The molecule has 0 saturated carbocycles. The van der Waals surface area contributed by atoms with E-state index >= 15 is 0 Å². The monoisotopic (exact) mass is 269 g/mol. The van der Waals surface area contributed by atoms with Gasteiger partial charge in [0.1, 0.15) is 6.10 Å². The molecule has 0 saturated heterocycles. The van der Waals surface area contributed by atoms with E-state index in [1.54, 1.807) is 7.05 Å². The van der Waals surface area contributed by atoms with Gasteiger partial charge >= 0.3 is 11.9 Å². The van der Waals surface area contributed by atoms with Crippen LogP contribution in [0.3, 0.4) is 0 Å². The minimum atomic E-state index is -1.42. The SMILES string of the molecule is CNCC(O)C(O)c1ccc(C(=O)O)cc1C(=O)O. The van der Waals surface area contributed by atoms with Gasteiger partial charge in [-0.25, -0.2) is 9.59 Å². The van der Waals surface area contributed by atoms with Crippen LogP contribution >= 0.6 is 0 Å². The maximum Gasteiger partial charge on any atom is 0.336 e. The van der Waals surface area contributed by atoms with E-state index in [1.165, 1.54) is 12.1 Å². The number of benzene rings is 1. The molecule has 0 spiro atoms. The molecule has 1 aromatic carbocycles. The standard InChI is InChI=1S/C12H15NO6/c1-13-5-9(14)10(15)7-3-2-6(11(16)17)4-8(7)12(18)19/h2-4,9-10,13-15H,5H2,1H3,(H,16,17)(H,18,19). The number of aromatic carboxylic acids is 2. The summed E-state index contributed by atoms with van der Waals surface area (Å²) in [7, 11) is 1.57. The van der Waals surface area contributed by atoms with Crippen molar-refractivity contribution in [3.63, 3.8) is 0 Å². The number of rotatable bonds is 6. The van der Waals surface area contributed by atoms with Gasteiger partial charge < -0.3 is 25.7 Å². The first-order valence-electron chi connectivity index (χ1n) is 5.49. The highest BCUT2D eigenvalue weighted by atomic mass is 16.4. The predicted molar refractivity (Wildman–Crippen MR) is 65.3 cm³/mol. The number of aliphatic hydroxyl groups is 2.